The molecule has 1 aromatic carbocycles. The molecule has 1 fully saturated rings. The fraction of sp³-hybridized carbons (Fsp3) is 0.650. The highest BCUT2D eigenvalue weighted by atomic mass is 16.5. The first-order valence-corrected chi connectivity index (χ1v) is 9.13. The number of ether oxygens (including phenoxy) is 2. The van der Waals surface area contributed by atoms with E-state index in [2.05, 4.69) is 26.1 Å². The van der Waals surface area contributed by atoms with Crippen LogP contribution in [-0.4, -0.2) is 24.2 Å². The summed E-state index contributed by atoms with van der Waals surface area (Å²) in [7, 11) is 0. The number of carbonyl (C=O) groups excluding carboxylic acids is 1. The maximum Gasteiger partial charge on any atom is 0.256 e. The topological polar surface area (TPSA) is 47.6 Å². The molecule has 0 aromatic heterocycles. The Balaban J connectivity index is 2.06. The summed E-state index contributed by atoms with van der Waals surface area (Å²) >= 11 is 0. The second-order valence-electron chi connectivity index (χ2n) is 7.00. The number of carbonyl (C=O) groups is 1. The zero-order valence-corrected chi connectivity index (χ0v) is 15.6. The minimum atomic E-state index is -0.726. The van der Waals surface area contributed by atoms with E-state index in [4.69, 9.17) is 9.47 Å². The summed E-state index contributed by atoms with van der Waals surface area (Å²) < 4.78 is 11.8. The predicted octanol–water partition coefficient (Wildman–Crippen LogP) is 4.71. The molecule has 2 rings (SSSR count). The Hall–Kier alpha value is -1.55. The molecule has 4 heteroatoms. The van der Waals surface area contributed by atoms with Crippen molar-refractivity contribution in [1.29, 1.82) is 0 Å². The lowest BCUT2D eigenvalue weighted by Gasteiger charge is -2.28. The van der Waals surface area contributed by atoms with Crippen LogP contribution in [-0.2, 0) is 9.53 Å². The maximum atomic E-state index is 12.8. The Labute approximate surface area is 145 Å². The molecule has 4 nitrogen and oxygen atoms in total. The van der Waals surface area contributed by atoms with Gasteiger partial charge in [0.25, 0.3) is 5.91 Å². The third-order valence-electron chi connectivity index (χ3n) is 4.75. The van der Waals surface area contributed by atoms with Gasteiger partial charge in [0.1, 0.15) is 11.4 Å². The van der Waals surface area contributed by atoms with Crippen LogP contribution >= 0.6 is 0 Å². The van der Waals surface area contributed by atoms with E-state index in [0.29, 0.717) is 12.5 Å². The van der Waals surface area contributed by atoms with Gasteiger partial charge in [-0.1, -0.05) is 13.8 Å². The standard InChI is InChI=1S/C20H31NO3/c1-6-12-23-20(5,16-8-9-16)19(22)21-17-10-11-18(14(3)13-17)24-15(4)7-2/h10-11,13,15-16H,6-9,12H2,1-5H3,(H,21,22)/t15-,20+/m1/s1. The summed E-state index contributed by atoms with van der Waals surface area (Å²) in [6, 6.07) is 5.79. The average molecular weight is 333 g/mol. The number of nitrogens with one attached hydrogen (secondary N) is 1. The van der Waals surface area contributed by atoms with Crippen molar-refractivity contribution in [3.05, 3.63) is 23.8 Å². The van der Waals surface area contributed by atoms with Crippen LogP contribution in [0.25, 0.3) is 0 Å². The van der Waals surface area contributed by atoms with Crippen LogP contribution < -0.4 is 10.1 Å². The Morgan fingerprint density at radius 1 is 1.38 bits per heavy atom. The average Bonchev–Trinajstić information content (AvgIpc) is 3.40. The van der Waals surface area contributed by atoms with Crippen molar-refractivity contribution in [1.82, 2.24) is 0 Å². The van der Waals surface area contributed by atoms with Crippen LogP contribution in [0.4, 0.5) is 5.69 Å². The molecule has 0 unspecified atom stereocenters. The van der Waals surface area contributed by atoms with Crippen LogP contribution in [0.5, 0.6) is 5.75 Å². The van der Waals surface area contributed by atoms with Gasteiger partial charge in [-0.15, -0.1) is 0 Å². The molecule has 1 amide bonds. The normalized spacial score (nSPS) is 17.9. The molecule has 1 aliphatic carbocycles. The first kappa shape index (κ1) is 18.8. The minimum Gasteiger partial charge on any atom is -0.490 e. The summed E-state index contributed by atoms with van der Waals surface area (Å²) in [5.74, 6) is 1.15. The molecule has 0 heterocycles. The first-order valence-electron chi connectivity index (χ1n) is 9.13. The molecule has 0 saturated heterocycles. The quantitative estimate of drug-likeness (QED) is 0.712. The van der Waals surface area contributed by atoms with Gasteiger partial charge in [0, 0.05) is 12.3 Å². The molecular weight excluding hydrogens is 302 g/mol. The van der Waals surface area contributed by atoms with Gasteiger partial charge in [-0.25, -0.2) is 0 Å². The van der Waals surface area contributed by atoms with Gasteiger partial charge in [-0.05, 0) is 76.1 Å². The number of amides is 1. The van der Waals surface area contributed by atoms with E-state index < -0.39 is 5.60 Å². The van der Waals surface area contributed by atoms with E-state index in [1.165, 1.54) is 0 Å². The minimum absolute atomic E-state index is 0.0477. The van der Waals surface area contributed by atoms with Gasteiger partial charge >= 0.3 is 0 Å². The molecule has 24 heavy (non-hydrogen) atoms. The van der Waals surface area contributed by atoms with Gasteiger partial charge in [0.2, 0.25) is 0 Å². The van der Waals surface area contributed by atoms with E-state index in [1.54, 1.807) is 0 Å². The van der Waals surface area contributed by atoms with E-state index in [-0.39, 0.29) is 12.0 Å². The number of hydrogen-bond donors (Lipinski definition) is 1. The lowest BCUT2D eigenvalue weighted by atomic mass is 9.98. The van der Waals surface area contributed by atoms with Crippen LogP contribution in [0, 0.1) is 12.8 Å². The van der Waals surface area contributed by atoms with E-state index in [1.807, 2.05) is 32.0 Å². The molecule has 0 spiro atoms. The number of hydrogen-bond acceptors (Lipinski definition) is 3. The smallest absolute Gasteiger partial charge is 0.256 e. The Morgan fingerprint density at radius 3 is 2.62 bits per heavy atom. The molecule has 1 aliphatic rings. The van der Waals surface area contributed by atoms with Crippen LogP contribution in [0.15, 0.2) is 18.2 Å². The van der Waals surface area contributed by atoms with E-state index in [9.17, 15) is 4.79 Å². The molecule has 0 radical (unpaired) electrons. The predicted molar refractivity (Wildman–Crippen MR) is 97.6 cm³/mol. The summed E-state index contributed by atoms with van der Waals surface area (Å²) in [6.45, 7) is 10.8. The van der Waals surface area contributed by atoms with E-state index >= 15 is 0 Å². The highest BCUT2D eigenvalue weighted by Crippen LogP contribution is 2.42. The maximum absolute atomic E-state index is 12.8. The van der Waals surface area contributed by atoms with Crippen molar-refractivity contribution in [2.24, 2.45) is 5.92 Å². The molecule has 1 aromatic rings. The highest BCUT2D eigenvalue weighted by Gasteiger charge is 2.48. The van der Waals surface area contributed by atoms with Crippen LogP contribution in [0.3, 0.4) is 0 Å². The van der Waals surface area contributed by atoms with Crippen molar-refractivity contribution in [3.63, 3.8) is 0 Å². The molecule has 1 N–H and O–H groups in total. The SMILES string of the molecule is CCCO[C@](C)(C(=O)Nc1ccc(O[C@H](C)CC)c(C)c1)C1CC1. The largest absolute Gasteiger partial charge is 0.490 e. The molecule has 2 atom stereocenters. The van der Waals surface area contributed by atoms with E-state index in [0.717, 1.165) is 42.7 Å². The summed E-state index contributed by atoms with van der Waals surface area (Å²) in [4.78, 5) is 12.8. The monoisotopic (exact) mass is 333 g/mol. The van der Waals surface area contributed by atoms with Crippen molar-refractivity contribution >= 4 is 11.6 Å². The number of rotatable bonds is 9. The highest BCUT2D eigenvalue weighted by molar-refractivity contribution is 5.97. The third-order valence-corrected chi connectivity index (χ3v) is 4.75. The summed E-state index contributed by atoms with van der Waals surface area (Å²) in [6.07, 6.45) is 4.19. The molecule has 134 valence electrons. The Kier molecular flexibility index (Phi) is 6.27. The van der Waals surface area contributed by atoms with Crippen molar-refractivity contribution in [2.75, 3.05) is 11.9 Å². The number of benzene rings is 1. The van der Waals surface area contributed by atoms with Crippen molar-refractivity contribution < 1.29 is 14.3 Å². The molecule has 0 bridgehead atoms. The number of anilines is 1. The Morgan fingerprint density at radius 2 is 2.08 bits per heavy atom. The van der Waals surface area contributed by atoms with Crippen LogP contribution in [0.2, 0.25) is 0 Å². The summed E-state index contributed by atoms with van der Waals surface area (Å²) in [5, 5.41) is 3.03. The van der Waals surface area contributed by atoms with Gasteiger partial charge in [-0.2, -0.15) is 0 Å². The molecular formula is C20H31NO3. The Bertz CT molecular complexity index is 568. The lowest BCUT2D eigenvalue weighted by Crippen LogP contribution is -2.45. The van der Waals surface area contributed by atoms with Gasteiger partial charge in [0.05, 0.1) is 6.10 Å². The van der Waals surface area contributed by atoms with Gasteiger partial charge < -0.3 is 14.8 Å². The van der Waals surface area contributed by atoms with Crippen LogP contribution in [0.1, 0.15) is 58.9 Å². The number of aryl methyl sites for hydroxylation is 1. The third kappa shape index (κ3) is 4.50. The molecule has 0 aliphatic heterocycles. The first-order chi connectivity index (χ1) is 11.4. The zero-order chi connectivity index (χ0) is 17.7. The van der Waals surface area contributed by atoms with Gasteiger partial charge in [-0.3, -0.25) is 4.79 Å². The fourth-order valence-electron chi connectivity index (χ4n) is 2.73. The molecule has 1 saturated carbocycles. The second-order valence-corrected chi connectivity index (χ2v) is 7.00. The van der Waals surface area contributed by atoms with Crippen molar-refractivity contribution in [2.45, 2.75) is 72.0 Å². The van der Waals surface area contributed by atoms with Crippen molar-refractivity contribution in [3.8, 4) is 5.75 Å². The summed E-state index contributed by atoms with van der Waals surface area (Å²) in [5.41, 5.74) is 1.09. The van der Waals surface area contributed by atoms with Gasteiger partial charge in [0.15, 0.2) is 0 Å². The lowest BCUT2D eigenvalue weighted by molar-refractivity contribution is -0.142. The fourth-order valence-corrected chi connectivity index (χ4v) is 2.73. The zero-order valence-electron chi connectivity index (χ0n) is 15.6. The second kappa shape index (κ2) is 8.02.